The van der Waals surface area contributed by atoms with Gasteiger partial charge in [-0.2, -0.15) is 0 Å². The van der Waals surface area contributed by atoms with E-state index in [-0.39, 0.29) is 36.5 Å². The second-order valence-electron chi connectivity index (χ2n) is 7.79. The molecule has 2 aromatic rings. The Morgan fingerprint density at radius 3 is 2.61 bits per heavy atom. The van der Waals surface area contributed by atoms with Crippen LogP contribution in [0.1, 0.15) is 18.0 Å². The van der Waals surface area contributed by atoms with E-state index in [1.54, 1.807) is 18.2 Å². The molecule has 2 aliphatic heterocycles. The lowest BCUT2D eigenvalue weighted by Gasteiger charge is -2.35. The fourth-order valence-electron chi connectivity index (χ4n) is 4.20. The van der Waals surface area contributed by atoms with Gasteiger partial charge in [0.15, 0.2) is 0 Å². The van der Waals surface area contributed by atoms with E-state index in [2.05, 4.69) is 10.2 Å². The summed E-state index contributed by atoms with van der Waals surface area (Å²) in [6.45, 7) is 3.28. The quantitative estimate of drug-likeness (QED) is 0.742. The zero-order chi connectivity index (χ0) is 21.8. The number of hydrogen-bond acceptors (Lipinski definition) is 4. The van der Waals surface area contributed by atoms with Crippen LogP contribution in [0.15, 0.2) is 48.5 Å². The number of morpholine rings is 1. The molecule has 4 rings (SSSR count). The van der Waals surface area contributed by atoms with Gasteiger partial charge in [-0.15, -0.1) is 0 Å². The molecule has 8 heteroatoms. The second-order valence-corrected chi connectivity index (χ2v) is 8.19. The van der Waals surface area contributed by atoms with Gasteiger partial charge in [0.1, 0.15) is 5.82 Å². The molecule has 2 heterocycles. The summed E-state index contributed by atoms with van der Waals surface area (Å²) in [5.74, 6) is -1.45. The van der Waals surface area contributed by atoms with E-state index in [4.69, 9.17) is 16.3 Å². The van der Waals surface area contributed by atoms with Gasteiger partial charge in [0.05, 0.1) is 30.9 Å². The number of halogens is 2. The number of ether oxygens (including phenoxy) is 1. The van der Waals surface area contributed by atoms with Crippen molar-refractivity contribution in [2.75, 3.05) is 44.3 Å². The van der Waals surface area contributed by atoms with Crippen LogP contribution in [0.25, 0.3) is 0 Å². The molecular formula is C23H25ClFN3O3. The maximum Gasteiger partial charge on any atom is 0.227 e. The third-order valence-corrected chi connectivity index (χ3v) is 6.20. The fraction of sp³-hybridized carbons (Fsp3) is 0.391. The molecule has 1 N–H and O–H groups in total. The minimum Gasteiger partial charge on any atom is -0.379 e. The Hall–Kier alpha value is -2.48. The summed E-state index contributed by atoms with van der Waals surface area (Å²) in [7, 11) is 0. The summed E-state index contributed by atoms with van der Waals surface area (Å²) in [6.07, 6.45) is 0.0640. The van der Waals surface area contributed by atoms with Gasteiger partial charge < -0.3 is 15.0 Å². The van der Waals surface area contributed by atoms with Crippen LogP contribution in [0.3, 0.4) is 0 Å². The van der Waals surface area contributed by atoms with Crippen LogP contribution in [-0.4, -0.2) is 56.1 Å². The normalized spacial score (nSPS) is 20.6. The molecule has 2 fully saturated rings. The highest BCUT2D eigenvalue weighted by atomic mass is 35.5. The van der Waals surface area contributed by atoms with Crippen LogP contribution in [-0.2, 0) is 14.3 Å². The van der Waals surface area contributed by atoms with Crippen LogP contribution in [0.5, 0.6) is 0 Å². The molecule has 31 heavy (non-hydrogen) atoms. The SMILES string of the molecule is O=C(NCC(c1ccccc1Cl)N1CCOCC1)C1CC(=O)N(c2ccccc2F)C1. The molecule has 2 aromatic carbocycles. The zero-order valence-corrected chi connectivity index (χ0v) is 17.9. The number of anilines is 1. The van der Waals surface area contributed by atoms with Crippen LogP contribution in [0.4, 0.5) is 10.1 Å². The molecule has 0 radical (unpaired) electrons. The summed E-state index contributed by atoms with van der Waals surface area (Å²) < 4.78 is 19.6. The van der Waals surface area contributed by atoms with Gasteiger partial charge in [0.2, 0.25) is 11.8 Å². The standard InChI is InChI=1S/C23H25ClFN3O3/c24-18-6-2-1-5-17(18)21(27-9-11-31-12-10-27)14-26-23(30)16-13-22(29)28(15-16)20-8-4-3-7-19(20)25/h1-8,16,21H,9-15H2,(H,26,30). The van der Waals surface area contributed by atoms with Gasteiger partial charge in [0.25, 0.3) is 0 Å². The first-order valence-corrected chi connectivity index (χ1v) is 10.8. The molecule has 0 spiro atoms. The Bertz CT molecular complexity index is 951. The van der Waals surface area contributed by atoms with Gasteiger partial charge in [-0.1, -0.05) is 41.9 Å². The van der Waals surface area contributed by atoms with Gasteiger partial charge >= 0.3 is 0 Å². The molecule has 164 valence electrons. The molecule has 0 saturated carbocycles. The maximum absolute atomic E-state index is 14.1. The minimum absolute atomic E-state index is 0.0640. The Balaban J connectivity index is 1.44. The van der Waals surface area contributed by atoms with Crippen LogP contribution in [0, 0.1) is 11.7 Å². The lowest BCUT2D eigenvalue weighted by Crippen LogP contribution is -2.45. The number of carbonyl (C=O) groups is 2. The van der Waals surface area contributed by atoms with Crippen LogP contribution in [0.2, 0.25) is 5.02 Å². The number of hydrogen-bond donors (Lipinski definition) is 1. The molecule has 2 aliphatic rings. The maximum atomic E-state index is 14.1. The molecule has 0 bridgehead atoms. The number of nitrogens with zero attached hydrogens (tertiary/aromatic N) is 2. The van der Waals surface area contributed by atoms with E-state index < -0.39 is 11.7 Å². The van der Waals surface area contributed by atoms with E-state index in [1.807, 2.05) is 24.3 Å². The predicted molar refractivity (Wildman–Crippen MR) is 116 cm³/mol. The second kappa shape index (κ2) is 9.77. The summed E-state index contributed by atoms with van der Waals surface area (Å²) >= 11 is 6.44. The average molecular weight is 446 g/mol. The minimum atomic E-state index is -0.524. The third-order valence-electron chi connectivity index (χ3n) is 5.86. The van der Waals surface area contributed by atoms with Gasteiger partial charge in [-0.3, -0.25) is 14.5 Å². The molecule has 0 aromatic heterocycles. The first-order valence-electron chi connectivity index (χ1n) is 10.4. The number of amides is 2. The molecule has 2 unspecified atom stereocenters. The fourth-order valence-corrected chi connectivity index (χ4v) is 4.46. The highest BCUT2D eigenvalue weighted by molar-refractivity contribution is 6.31. The number of nitrogens with one attached hydrogen (secondary N) is 1. The molecule has 0 aliphatic carbocycles. The Kier molecular flexibility index (Phi) is 6.85. The predicted octanol–water partition coefficient (Wildman–Crippen LogP) is 3.02. The van der Waals surface area contributed by atoms with Gasteiger partial charge in [-0.25, -0.2) is 4.39 Å². The van der Waals surface area contributed by atoms with Crippen LogP contribution < -0.4 is 10.2 Å². The van der Waals surface area contributed by atoms with Crippen molar-refractivity contribution in [2.24, 2.45) is 5.92 Å². The topological polar surface area (TPSA) is 61.9 Å². The monoisotopic (exact) mass is 445 g/mol. The molecule has 2 amide bonds. The number of para-hydroxylation sites is 1. The summed E-state index contributed by atoms with van der Waals surface area (Å²) in [5, 5.41) is 3.65. The van der Waals surface area contributed by atoms with Gasteiger partial charge in [0, 0.05) is 37.6 Å². The zero-order valence-electron chi connectivity index (χ0n) is 17.1. The van der Waals surface area contributed by atoms with E-state index in [0.717, 1.165) is 18.7 Å². The summed E-state index contributed by atoms with van der Waals surface area (Å²) in [6, 6.07) is 13.6. The first-order chi connectivity index (χ1) is 15.0. The van der Waals surface area contributed by atoms with E-state index in [9.17, 15) is 14.0 Å². The lowest BCUT2D eigenvalue weighted by molar-refractivity contribution is -0.126. The summed E-state index contributed by atoms with van der Waals surface area (Å²) in [5.41, 5.74) is 1.16. The smallest absolute Gasteiger partial charge is 0.227 e. The Morgan fingerprint density at radius 1 is 1.16 bits per heavy atom. The Labute approximate surface area is 185 Å². The lowest BCUT2D eigenvalue weighted by atomic mass is 10.0. The van der Waals surface area contributed by atoms with Crippen molar-refractivity contribution in [3.05, 3.63) is 64.9 Å². The number of rotatable bonds is 6. The first kappa shape index (κ1) is 21.7. The van der Waals surface area contributed by atoms with Crippen molar-refractivity contribution in [2.45, 2.75) is 12.5 Å². The molecule has 6 nitrogen and oxygen atoms in total. The van der Waals surface area contributed by atoms with Crippen molar-refractivity contribution in [3.63, 3.8) is 0 Å². The third kappa shape index (κ3) is 4.89. The van der Waals surface area contributed by atoms with Crippen molar-refractivity contribution in [1.82, 2.24) is 10.2 Å². The highest BCUT2D eigenvalue weighted by Crippen LogP contribution is 2.29. The van der Waals surface area contributed by atoms with Crippen molar-refractivity contribution in [3.8, 4) is 0 Å². The number of carbonyl (C=O) groups excluding carboxylic acids is 2. The van der Waals surface area contributed by atoms with E-state index in [0.29, 0.717) is 24.8 Å². The molecule has 2 saturated heterocycles. The van der Waals surface area contributed by atoms with E-state index >= 15 is 0 Å². The molecular weight excluding hydrogens is 421 g/mol. The summed E-state index contributed by atoms with van der Waals surface area (Å²) in [4.78, 5) is 28.9. The largest absolute Gasteiger partial charge is 0.379 e. The van der Waals surface area contributed by atoms with Crippen molar-refractivity contribution in [1.29, 1.82) is 0 Å². The Morgan fingerprint density at radius 2 is 1.87 bits per heavy atom. The van der Waals surface area contributed by atoms with Crippen molar-refractivity contribution >= 4 is 29.1 Å². The molecule has 2 atom stereocenters. The van der Waals surface area contributed by atoms with E-state index in [1.165, 1.54) is 11.0 Å². The number of benzene rings is 2. The van der Waals surface area contributed by atoms with Gasteiger partial charge in [-0.05, 0) is 23.8 Å². The van der Waals surface area contributed by atoms with Crippen LogP contribution >= 0.6 is 11.6 Å². The van der Waals surface area contributed by atoms with Crippen molar-refractivity contribution < 1.29 is 18.7 Å². The average Bonchev–Trinajstić information content (AvgIpc) is 3.17. The highest BCUT2D eigenvalue weighted by Gasteiger charge is 2.36.